The van der Waals surface area contributed by atoms with E-state index in [2.05, 4.69) is 21.2 Å². The van der Waals surface area contributed by atoms with Crippen molar-refractivity contribution >= 4 is 33.7 Å². The van der Waals surface area contributed by atoms with Crippen LogP contribution in [0.4, 0.5) is 0 Å². The molecule has 23 heavy (non-hydrogen) atoms. The zero-order valence-electron chi connectivity index (χ0n) is 12.8. The summed E-state index contributed by atoms with van der Waals surface area (Å²) < 4.78 is 5.58. The molecule has 1 heterocycles. The van der Waals surface area contributed by atoms with Gasteiger partial charge in [0.25, 0.3) is 5.91 Å². The Morgan fingerprint density at radius 2 is 1.96 bits per heavy atom. The van der Waals surface area contributed by atoms with Crippen molar-refractivity contribution in [2.75, 3.05) is 13.6 Å². The van der Waals surface area contributed by atoms with Crippen LogP contribution in [0.5, 0.6) is 0 Å². The van der Waals surface area contributed by atoms with Gasteiger partial charge in [0.05, 0.1) is 6.54 Å². The van der Waals surface area contributed by atoms with Crippen molar-refractivity contribution < 1.29 is 23.9 Å². The van der Waals surface area contributed by atoms with E-state index in [1.807, 2.05) is 0 Å². The summed E-state index contributed by atoms with van der Waals surface area (Å²) in [6.07, 6.45) is 3.33. The first kappa shape index (κ1) is 17.5. The molecule has 1 aliphatic rings. The van der Waals surface area contributed by atoms with Crippen molar-refractivity contribution in [3.63, 3.8) is 0 Å². The van der Waals surface area contributed by atoms with E-state index in [1.165, 1.54) is 18.0 Å². The molecule has 1 aromatic rings. The molecule has 0 radical (unpaired) electrons. The van der Waals surface area contributed by atoms with E-state index >= 15 is 0 Å². The smallest absolute Gasteiger partial charge is 0.329 e. The zero-order valence-corrected chi connectivity index (χ0v) is 14.4. The quantitative estimate of drug-likeness (QED) is 0.805. The monoisotopic (exact) mass is 386 g/mol. The van der Waals surface area contributed by atoms with E-state index in [-0.39, 0.29) is 12.3 Å². The highest BCUT2D eigenvalue weighted by Crippen LogP contribution is 2.28. The average Bonchev–Trinajstić information content (AvgIpc) is 2.93. The van der Waals surface area contributed by atoms with E-state index < -0.39 is 23.3 Å². The lowest BCUT2D eigenvalue weighted by molar-refractivity contribution is -0.149. The Kier molecular flexibility index (Phi) is 5.46. The average molecular weight is 387 g/mol. The number of hydrogen-bond acceptors (Lipinski definition) is 4. The molecule has 0 saturated heterocycles. The summed E-state index contributed by atoms with van der Waals surface area (Å²) in [4.78, 5) is 37.0. The molecule has 1 saturated carbocycles. The Balaban J connectivity index is 1.97. The minimum atomic E-state index is -1.22. The number of furan rings is 1. The zero-order chi connectivity index (χ0) is 17.0. The lowest BCUT2D eigenvalue weighted by Crippen LogP contribution is -2.57. The third-order valence-corrected chi connectivity index (χ3v) is 4.43. The van der Waals surface area contributed by atoms with E-state index in [9.17, 15) is 19.5 Å². The van der Waals surface area contributed by atoms with Gasteiger partial charge >= 0.3 is 5.97 Å². The molecule has 1 aliphatic carbocycles. The van der Waals surface area contributed by atoms with Crippen LogP contribution in [0.3, 0.4) is 0 Å². The van der Waals surface area contributed by atoms with Crippen LogP contribution in [0, 0.1) is 0 Å². The molecule has 8 heteroatoms. The summed E-state index contributed by atoms with van der Waals surface area (Å²) in [7, 11) is 1.46. The summed E-state index contributed by atoms with van der Waals surface area (Å²) >= 11 is 3.11. The molecule has 0 unspecified atom stereocenters. The molecule has 1 fully saturated rings. The van der Waals surface area contributed by atoms with Crippen molar-refractivity contribution in [2.45, 2.75) is 37.6 Å². The molecule has 0 aromatic carbocycles. The van der Waals surface area contributed by atoms with Crippen LogP contribution in [0.15, 0.2) is 21.2 Å². The fraction of sp³-hybridized carbons (Fsp3) is 0.533. The standard InChI is InChI=1S/C15H19BrN2O5/c1-18(13(20)10-5-6-11(16)23-10)9-12(19)17-15(14(21)22)7-3-2-4-8-15/h5-6H,2-4,7-9H2,1H3,(H,17,19)(H,21,22). The van der Waals surface area contributed by atoms with Crippen LogP contribution >= 0.6 is 15.9 Å². The highest BCUT2D eigenvalue weighted by molar-refractivity contribution is 9.10. The van der Waals surface area contributed by atoms with Gasteiger partial charge in [0.2, 0.25) is 5.91 Å². The predicted octanol–water partition coefficient (Wildman–Crippen LogP) is 2.02. The molecule has 0 atom stereocenters. The lowest BCUT2D eigenvalue weighted by Gasteiger charge is -2.34. The first-order valence-electron chi connectivity index (χ1n) is 7.39. The number of nitrogens with one attached hydrogen (secondary N) is 1. The first-order valence-corrected chi connectivity index (χ1v) is 8.18. The van der Waals surface area contributed by atoms with Crippen LogP contribution in [-0.4, -0.2) is 46.9 Å². The molecule has 2 amide bonds. The van der Waals surface area contributed by atoms with Gasteiger partial charge in [-0.3, -0.25) is 9.59 Å². The number of carboxylic acid groups (broad SMARTS) is 1. The van der Waals surface area contributed by atoms with E-state index in [0.717, 1.165) is 19.3 Å². The van der Waals surface area contributed by atoms with Gasteiger partial charge in [0.1, 0.15) is 5.54 Å². The van der Waals surface area contributed by atoms with Crippen molar-refractivity contribution in [3.8, 4) is 0 Å². The molecule has 2 rings (SSSR count). The summed E-state index contributed by atoms with van der Waals surface area (Å²) in [5.41, 5.74) is -1.22. The number of nitrogens with zero attached hydrogens (tertiary/aromatic N) is 1. The van der Waals surface area contributed by atoms with Crippen molar-refractivity contribution in [3.05, 3.63) is 22.6 Å². The molecule has 126 valence electrons. The first-order chi connectivity index (χ1) is 10.8. The molecular weight excluding hydrogens is 368 g/mol. The Hall–Kier alpha value is -1.83. The second-order valence-electron chi connectivity index (χ2n) is 5.76. The number of halogens is 1. The molecule has 0 bridgehead atoms. The summed E-state index contributed by atoms with van der Waals surface area (Å²) in [6, 6.07) is 3.09. The van der Waals surface area contributed by atoms with Crippen LogP contribution in [0.25, 0.3) is 0 Å². The molecule has 7 nitrogen and oxygen atoms in total. The third kappa shape index (κ3) is 4.13. The summed E-state index contributed by atoms with van der Waals surface area (Å²) in [5.74, 6) is -1.85. The van der Waals surface area contributed by atoms with Gasteiger partial charge in [-0.15, -0.1) is 0 Å². The third-order valence-electron chi connectivity index (χ3n) is 4.01. The fourth-order valence-corrected chi connectivity index (χ4v) is 3.07. The number of hydrogen-bond donors (Lipinski definition) is 2. The second kappa shape index (κ2) is 7.16. The van der Waals surface area contributed by atoms with Gasteiger partial charge in [-0.25, -0.2) is 4.79 Å². The van der Waals surface area contributed by atoms with Gasteiger partial charge in [-0.1, -0.05) is 19.3 Å². The minimum absolute atomic E-state index is 0.109. The van der Waals surface area contributed by atoms with E-state index in [1.54, 1.807) is 6.07 Å². The highest BCUT2D eigenvalue weighted by atomic mass is 79.9. The van der Waals surface area contributed by atoms with Gasteiger partial charge in [0, 0.05) is 7.05 Å². The largest absolute Gasteiger partial charge is 0.480 e. The van der Waals surface area contributed by atoms with Crippen molar-refractivity contribution in [1.82, 2.24) is 10.2 Å². The second-order valence-corrected chi connectivity index (χ2v) is 6.54. The number of aliphatic carboxylic acids is 1. The highest BCUT2D eigenvalue weighted by Gasteiger charge is 2.41. The van der Waals surface area contributed by atoms with Gasteiger partial charge in [0.15, 0.2) is 10.4 Å². The van der Waals surface area contributed by atoms with Gasteiger partial charge in [-0.2, -0.15) is 0 Å². The number of carbonyl (C=O) groups is 3. The van der Waals surface area contributed by atoms with Crippen LogP contribution < -0.4 is 5.32 Å². The van der Waals surface area contributed by atoms with E-state index in [4.69, 9.17) is 4.42 Å². The van der Waals surface area contributed by atoms with E-state index in [0.29, 0.717) is 17.5 Å². The minimum Gasteiger partial charge on any atom is -0.480 e. The maximum Gasteiger partial charge on any atom is 0.329 e. The maximum absolute atomic E-state index is 12.2. The number of likely N-dealkylation sites (N-methyl/N-ethyl adjacent to an activating group) is 1. The molecule has 2 N–H and O–H groups in total. The van der Waals surface area contributed by atoms with Crippen molar-refractivity contribution in [2.24, 2.45) is 0 Å². The number of amides is 2. The Morgan fingerprint density at radius 1 is 1.30 bits per heavy atom. The molecule has 0 aliphatic heterocycles. The fourth-order valence-electron chi connectivity index (χ4n) is 2.76. The topological polar surface area (TPSA) is 99.9 Å². The van der Waals surface area contributed by atoms with Crippen LogP contribution in [0.2, 0.25) is 0 Å². The van der Waals surface area contributed by atoms with Crippen LogP contribution in [-0.2, 0) is 9.59 Å². The Bertz CT molecular complexity index is 607. The normalized spacial score (nSPS) is 16.6. The SMILES string of the molecule is CN(CC(=O)NC1(C(=O)O)CCCCC1)C(=O)c1ccc(Br)o1. The number of rotatable bonds is 5. The maximum atomic E-state index is 12.2. The predicted molar refractivity (Wildman–Crippen MR) is 85.0 cm³/mol. The summed E-state index contributed by atoms with van der Waals surface area (Å²) in [5, 5.41) is 12.0. The number of carboxylic acids is 1. The Labute approximate surface area is 142 Å². The molecular formula is C15H19BrN2O5. The Morgan fingerprint density at radius 3 is 2.48 bits per heavy atom. The molecule has 1 aromatic heterocycles. The van der Waals surface area contributed by atoms with Gasteiger partial charge in [-0.05, 0) is 40.9 Å². The lowest BCUT2D eigenvalue weighted by atomic mass is 9.81. The van der Waals surface area contributed by atoms with Crippen molar-refractivity contribution in [1.29, 1.82) is 0 Å². The van der Waals surface area contributed by atoms with Gasteiger partial charge < -0.3 is 19.7 Å². The van der Waals surface area contributed by atoms with Crippen LogP contribution in [0.1, 0.15) is 42.7 Å². The number of carbonyl (C=O) groups excluding carboxylic acids is 2. The summed E-state index contributed by atoms with van der Waals surface area (Å²) in [6.45, 7) is -0.230. The molecule has 0 spiro atoms.